The van der Waals surface area contributed by atoms with Crippen LogP contribution in [0.1, 0.15) is 11.3 Å². The summed E-state index contributed by atoms with van der Waals surface area (Å²) < 4.78 is 52.1. The number of nitrogens with zero attached hydrogens (tertiary/aromatic N) is 4. The number of rotatable bonds is 3. The molecule has 0 radical (unpaired) electrons. The molecule has 1 saturated heterocycles. The van der Waals surface area contributed by atoms with Gasteiger partial charge in [-0.1, -0.05) is 17.7 Å². The third-order valence-electron chi connectivity index (χ3n) is 4.03. The van der Waals surface area contributed by atoms with Crippen LogP contribution in [0.25, 0.3) is 0 Å². The molecule has 1 aromatic heterocycles. The summed E-state index contributed by atoms with van der Waals surface area (Å²) in [5, 5.41) is 0.364. The molecule has 0 spiro atoms. The maximum Gasteiger partial charge on any atom is 0.433 e. The van der Waals surface area contributed by atoms with Crippen LogP contribution in [0, 0.1) is 5.82 Å². The molecule has 2 aromatic rings. The van der Waals surface area contributed by atoms with Crippen LogP contribution in [0.5, 0.6) is 0 Å². The van der Waals surface area contributed by atoms with Gasteiger partial charge >= 0.3 is 6.18 Å². The summed E-state index contributed by atoms with van der Waals surface area (Å²) in [6.07, 6.45) is -3.39. The van der Waals surface area contributed by atoms with E-state index in [1.807, 2.05) is 4.90 Å². The van der Waals surface area contributed by atoms with Crippen molar-refractivity contribution in [2.75, 3.05) is 31.1 Å². The second kappa shape index (κ2) is 7.13. The molecule has 0 saturated carbocycles. The van der Waals surface area contributed by atoms with Crippen molar-refractivity contribution < 1.29 is 17.6 Å². The molecule has 3 rings (SSSR count). The smallest absolute Gasteiger partial charge is 0.338 e. The van der Waals surface area contributed by atoms with E-state index in [2.05, 4.69) is 9.97 Å². The van der Waals surface area contributed by atoms with Crippen molar-refractivity contribution in [1.82, 2.24) is 14.9 Å². The zero-order valence-corrected chi connectivity index (χ0v) is 13.9. The van der Waals surface area contributed by atoms with E-state index in [9.17, 15) is 17.6 Å². The number of halogens is 5. The van der Waals surface area contributed by atoms with Gasteiger partial charge in [-0.15, -0.1) is 0 Å². The van der Waals surface area contributed by atoms with Gasteiger partial charge in [0.15, 0.2) is 0 Å². The minimum atomic E-state index is -4.50. The van der Waals surface area contributed by atoms with Crippen LogP contribution in [0.3, 0.4) is 0 Å². The van der Waals surface area contributed by atoms with Crippen molar-refractivity contribution in [2.24, 2.45) is 0 Å². The third kappa shape index (κ3) is 4.19. The van der Waals surface area contributed by atoms with E-state index in [4.69, 9.17) is 11.6 Å². The average molecular weight is 375 g/mol. The zero-order chi connectivity index (χ0) is 18.0. The van der Waals surface area contributed by atoms with Crippen molar-refractivity contribution in [3.05, 3.63) is 52.6 Å². The minimum absolute atomic E-state index is 0.0541. The number of aromatic nitrogens is 2. The molecule has 1 fully saturated rings. The molecular formula is C16H15ClF4N4. The van der Waals surface area contributed by atoms with Crippen LogP contribution in [0.4, 0.5) is 23.5 Å². The highest BCUT2D eigenvalue weighted by molar-refractivity contribution is 6.31. The lowest BCUT2D eigenvalue weighted by Crippen LogP contribution is -2.46. The summed E-state index contributed by atoms with van der Waals surface area (Å²) in [4.78, 5) is 11.2. The Labute approximate surface area is 147 Å². The summed E-state index contributed by atoms with van der Waals surface area (Å²) >= 11 is 6.03. The van der Waals surface area contributed by atoms with E-state index in [0.29, 0.717) is 43.3 Å². The molecule has 1 aliphatic rings. The van der Waals surface area contributed by atoms with Crippen molar-refractivity contribution >= 4 is 17.5 Å². The summed E-state index contributed by atoms with van der Waals surface area (Å²) in [6, 6.07) is 5.38. The number of benzene rings is 1. The van der Waals surface area contributed by atoms with E-state index in [0.717, 1.165) is 12.3 Å². The van der Waals surface area contributed by atoms with Gasteiger partial charge in [0.25, 0.3) is 0 Å². The maximum absolute atomic E-state index is 13.9. The molecule has 4 nitrogen and oxygen atoms in total. The Hall–Kier alpha value is -1.93. The van der Waals surface area contributed by atoms with E-state index < -0.39 is 11.9 Å². The number of anilines is 1. The Kier molecular flexibility index (Phi) is 5.10. The first-order chi connectivity index (χ1) is 11.8. The van der Waals surface area contributed by atoms with Gasteiger partial charge in [0, 0.05) is 49.5 Å². The predicted octanol–water partition coefficient (Wildman–Crippen LogP) is 3.61. The van der Waals surface area contributed by atoms with Crippen LogP contribution >= 0.6 is 11.6 Å². The molecule has 0 aliphatic carbocycles. The van der Waals surface area contributed by atoms with E-state index >= 15 is 0 Å². The van der Waals surface area contributed by atoms with Gasteiger partial charge in [-0.25, -0.2) is 14.4 Å². The molecule has 0 N–H and O–H groups in total. The van der Waals surface area contributed by atoms with Gasteiger partial charge in [0.1, 0.15) is 11.5 Å². The van der Waals surface area contributed by atoms with Crippen LogP contribution in [0.2, 0.25) is 5.02 Å². The standard InChI is InChI=1S/C16H15ClF4N4/c17-12-2-1-3-13(18)11(12)10-24-6-8-25(9-7-24)15-22-5-4-14(23-15)16(19,20)21/h1-5H,6-10H2. The van der Waals surface area contributed by atoms with E-state index in [1.165, 1.54) is 6.07 Å². The molecule has 0 bridgehead atoms. The molecule has 9 heteroatoms. The molecule has 1 aliphatic heterocycles. The maximum atomic E-state index is 13.9. The van der Waals surface area contributed by atoms with Gasteiger partial charge in [0.05, 0.1) is 0 Å². The fraction of sp³-hybridized carbons (Fsp3) is 0.375. The number of alkyl halides is 3. The predicted molar refractivity (Wildman–Crippen MR) is 85.9 cm³/mol. The minimum Gasteiger partial charge on any atom is -0.338 e. The first kappa shape index (κ1) is 17.9. The first-order valence-corrected chi connectivity index (χ1v) is 8.03. The number of hydrogen-bond acceptors (Lipinski definition) is 4. The van der Waals surface area contributed by atoms with E-state index in [-0.39, 0.29) is 11.8 Å². The van der Waals surface area contributed by atoms with Gasteiger partial charge in [-0.3, -0.25) is 4.90 Å². The lowest BCUT2D eigenvalue weighted by atomic mass is 10.2. The van der Waals surface area contributed by atoms with E-state index in [1.54, 1.807) is 17.0 Å². The van der Waals surface area contributed by atoms with Gasteiger partial charge in [0.2, 0.25) is 5.95 Å². The molecule has 0 unspecified atom stereocenters. The molecule has 134 valence electrons. The third-order valence-corrected chi connectivity index (χ3v) is 4.39. The molecule has 25 heavy (non-hydrogen) atoms. The zero-order valence-electron chi connectivity index (χ0n) is 13.1. The summed E-state index contributed by atoms with van der Waals surface area (Å²) in [6.45, 7) is 2.35. The Morgan fingerprint density at radius 2 is 1.80 bits per heavy atom. The molecule has 0 atom stereocenters. The second-order valence-electron chi connectivity index (χ2n) is 5.70. The summed E-state index contributed by atoms with van der Waals surface area (Å²) in [5.41, 5.74) is -0.536. The van der Waals surface area contributed by atoms with Crippen molar-refractivity contribution in [1.29, 1.82) is 0 Å². The van der Waals surface area contributed by atoms with Crippen molar-refractivity contribution in [3.63, 3.8) is 0 Å². The number of piperazine rings is 1. The fourth-order valence-electron chi connectivity index (χ4n) is 2.67. The largest absolute Gasteiger partial charge is 0.433 e. The van der Waals surface area contributed by atoms with Gasteiger partial charge in [-0.2, -0.15) is 13.2 Å². The molecule has 2 heterocycles. The second-order valence-corrected chi connectivity index (χ2v) is 6.11. The van der Waals surface area contributed by atoms with Crippen LogP contribution in [-0.2, 0) is 12.7 Å². The SMILES string of the molecule is Fc1cccc(Cl)c1CN1CCN(c2nccc(C(F)(F)F)n2)CC1. The fourth-order valence-corrected chi connectivity index (χ4v) is 2.89. The Bertz CT molecular complexity index is 725. The van der Waals surface area contributed by atoms with Gasteiger partial charge < -0.3 is 4.90 Å². The highest BCUT2D eigenvalue weighted by atomic mass is 35.5. The number of hydrogen-bond donors (Lipinski definition) is 0. The van der Waals surface area contributed by atoms with Crippen molar-refractivity contribution in [2.45, 2.75) is 12.7 Å². The van der Waals surface area contributed by atoms with Gasteiger partial charge in [-0.05, 0) is 18.2 Å². The van der Waals surface area contributed by atoms with Crippen LogP contribution < -0.4 is 4.90 Å². The average Bonchev–Trinajstić information content (AvgIpc) is 2.58. The normalized spacial score (nSPS) is 16.3. The Morgan fingerprint density at radius 1 is 1.08 bits per heavy atom. The highest BCUT2D eigenvalue weighted by Crippen LogP contribution is 2.28. The van der Waals surface area contributed by atoms with Crippen molar-refractivity contribution in [3.8, 4) is 0 Å². The van der Waals surface area contributed by atoms with Crippen LogP contribution in [0.15, 0.2) is 30.5 Å². The Morgan fingerprint density at radius 3 is 2.44 bits per heavy atom. The quantitative estimate of drug-likeness (QED) is 0.768. The first-order valence-electron chi connectivity index (χ1n) is 7.65. The molecular weight excluding hydrogens is 360 g/mol. The molecule has 0 amide bonds. The lowest BCUT2D eigenvalue weighted by molar-refractivity contribution is -0.141. The lowest BCUT2D eigenvalue weighted by Gasteiger charge is -2.35. The molecule has 1 aromatic carbocycles. The monoisotopic (exact) mass is 374 g/mol. The Balaban J connectivity index is 1.64. The highest BCUT2D eigenvalue weighted by Gasteiger charge is 2.33. The summed E-state index contributed by atoms with van der Waals surface area (Å²) in [7, 11) is 0. The topological polar surface area (TPSA) is 32.3 Å². The summed E-state index contributed by atoms with van der Waals surface area (Å²) in [5.74, 6) is -0.311. The van der Waals surface area contributed by atoms with Crippen LogP contribution in [-0.4, -0.2) is 41.0 Å².